The van der Waals surface area contributed by atoms with Crippen LogP contribution in [0.4, 0.5) is 0 Å². The zero-order valence-corrected chi connectivity index (χ0v) is 10.4. The van der Waals surface area contributed by atoms with Gasteiger partial charge < -0.3 is 9.84 Å². The number of aliphatic carboxylic acids is 1. The molecular weight excluding hydrogens is 230 g/mol. The van der Waals surface area contributed by atoms with Crippen LogP contribution in [0.15, 0.2) is 18.2 Å². The number of ether oxygens (including phenoxy) is 1. The third-order valence-corrected chi connectivity index (χ3v) is 2.07. The topological polar surface area (TPSA) is 59.4 Å². The Morgan fingerprint density at radius 3 is 3.00 bits per heavy atom. The summed E-state index contributed by atoms with van der Waals surface area (Å²) >= 11 is 0. The molecule has 0 amide bonds. The second-order valence-electron chi connectivity index (χ2n) is 3.53. The number of aryl methyl sites for hydroxylation is 1. The molecule has 0 bridgehead atoms. The molecule has 0 saturated heterocycles. The van der Waals surface area contributed by atoms with Crippen LogP contribution in [0.2, 0.25) is 0 Å². The molecule has 4 heteroatoms. The van der Waals surface area contributed by atoms with E-state index in [2.05, 4.69) is 16.8 Å². The van der Waals surface area contributed by atoms with Gasteiger partial charge in [-0.25, -0.2) is 9.78 Å². The third kappa shape index (κ3) is 4.71. The Balaban J connectivity index is 2.81. The van der Waals surface area contributed by atoms with E-state index in [0.29, 0.717) is 24.5 Å². The molecule has 1 rings (SSSR count). The molecule has 4 nitrogen and oxygen atoms in total. The monoisotopic (exact) mass is 245 g/mol. The van der Waals surface area contributed by atoms with Crippen molar-refractivity contribution in [1.82, 2.24) is 4.98 Å². The minimum absolute atomic E-state index is 0.458. The van der Waals surface area contributed by atoms with E-state index in [9.17, 15) is 4.79 Å². The maximum absolute atomic E-state index is 10.5. The van der Waals surface area contributed by atoms with E-state index in [1.165, 1.54) is 6.08 Å². The Morgan fingerprint density at radius 2 is 2.33 bits per heavy atom. The second kappa shape index (κ2) is 7.13. The van der Waals surface area contributed by atoms with Crippen molar-refractivity contribution >= 4 is 12.0 Å². The fourth-order valence-electron chi connectivity index (χ4n) is 1.29. The zero-order valence-electron chi connectivity index (χ0n) is 10.4. The van der Waals surface area contributed by atoms with Gasteiger partial charge in [-0.3, -0.25) is 0 Å². The molecule has 0 aliphatic carbocycles. The van der Waals surface area contributed by atoms with Crippen LogP contribution in [0.1, 0.15) is 24.7 Å². The van der Waals surface area contributed by atoms with Crippen molar-refractivity contribution < 1.29 is 14.6 Å². The molecule has 1 aromatic heterocycles. The van der Waals surface area contributed by atoms with Gasteiger partial charge in [0.2, 0.25) is 0 Å². The molecule has 0 aromatic carbocycles. The van der Waals surface area contributed by atoms with Crippen LogP contribution in [0, 0.1) is 18.8 Å². The van der Waals surface area contributed by atoms with E-state index < -0.39 is 5.97 Å². The fourth-order valence-corrected chi connectivity index (χ4v) is 1.29. The highest BCUT2D eigenvalue weighted by atomic mass is 16.5. The molecule has 0 aliphatic rings. The van der Waals surface area contributed by atoms with Crippen molar-refractivity contribution in [3.63, 3.8) is 0 Å². The van der Waals surface area contributed by atoms with Gasteiger partial charge in [0.1, 0.15) is 11.4 Å². The quantitative estimate of drug-likeness (QED) is 0.491. The molecular formula is C14H15NO3. The molecule has 0 spiro atoms. The van der Waals surface area contributed by atoms with Crippen LogP contribution in [-0.2, 0) is 4.79 Å². The third-order valence-electron chi connectivity index (χ3n) is 2.07. The number of carboxylic acid groups (broad SMARTS) is 1. The minimum atomic E-state index is -1.01. The Labute approximate surface area is 106 Å². The van der Waals surface area contributed by atoms with Gasteiger partial charge in [0, 0.05) is 18.2 Å². The number of nitrogens with zero attached hydrogens (tertiary/aromatic N) is 1. The van der Waals surface area contributed by atoms with Crippen LogP contribution in [0.25, 0.3) is 6.08 Å². The van der Waals surface area contributed by atoms with Gasteiger partial charge in [0.25, 0.3) is 0 Å². The van der Waals surface area contributed by atoms with Gasteiger partial charge in [-0.1, -0.05) is 0 Å². The van der Waals surface area contributed by atoms with E-state index in [-0.39, 0.29) is 0 Å². The SMILES string of the molecule is CC#CCCOc1ccc(C)nc1/C=C/C(=O)O. The predicted octanol–water partition coefficient (Wildman–Crippen LogP) is 2.28. The molecule has 0 unspecified atom stereocenters. The first-order valence-electron chi connectivity index (χ1n) is 5.54. The lowest BCUT2D eigenvalue weighted by Gasteiger charge is -2.07. The van der Waals surface area contributed by atoms with Gasteiger partial charge >= 0.3 is 5.97 Å². The van der Waals surface area contributed by atoms with Gasteiger partial charge in [0.15, 0.2) is 0 Å². The van der Waals surface area contributed by atoms with Crippen molar-refractivity contribution in [2.45, 2.75) is 20.3 Å². The molecule has 1 N–H and O–H groups in total. The Hall–Kier alpha value is -2.28. The van der Waals surface area contributed by atoms with Crippen LogP contribution in [0.5, 0.6) is 5.75 Å². The van der Waals surface area contributed by atoms with E-state index in [1.807, 2.05) is 13.0 Å². The summed E-state index contributed by atoms with van der Waals surface area (Å²) in [4.78, 5) is 14.7. The summed E-state index contributed by atoms with van der Waals surface area (Å²) in [7, 11) is 0. The molecule has 94 valence electrons. The summed E-state index contributed by atoms with van der Waals surface area (Å²) < 4.78 is 5.52. The van der Waals surface area contributed by atoms with Crippen LogP contribution in [-0.4, -0.2) is 22.7 Å². The van der Waals surface area contributed by atoms with Crippen molar-refractivity contribution in [3.8, 4) is 17.6 Å². The summed E-state index contributed by atoms with van der Waals surface area (Å²) in [6, 6.07) is 3.60. The largest absolute Gasteiger partial charge is 0.490 e. The molecule has 0 radical (unpaired) electrons. The smallest absolute Gasteiger partial charge is 0.328 e. The zero-order chi connectivity index (χ0) is 13.4. The standard InChI is InChI=1S/C14H15NO3/c1-3-4-5-10-18-13-8-6-11(2)15-12(13)7-9-14(16)17/h6-9H,5,10H2,1-2H3,(H,16,17)/b9-7+. The van der Waals surface area contributed by atoms with Gasteiger partial charge in [-0.2, -0.15) is 0 Å². The number of hydrogen-bond donors (Lipinski definition) is 1. The minimum Gasteiger partial charge on any atom is -0.490 e. The summed E-state index contributed by atoms with van der Waals surface area (Å²) in [5.41, 5.74) is 1.32. The second-order valence-corrected chi connectivity index (χ2v) is 3.53. The van der Waals surface area contributed by atoms with Crippen molar-refractivity contribution in [3.05, 3.63) is 29.6 Å². The molecule has 18 heavy (non-hydrogen) atoms. The lowest BCUT2D eigenvalue weighted by molar-refractivity contribution is -0.131. The van der Waals surface area contributed by atoms with E-state index in [4.69, 9.17) is 9.84 Å². The highest BCUT2D eigenvalue weighted by Gasteiger charge is 2.03. The summed E-state index contributed by atoms with van der Waals surface area (Å²) in [6.07, 6.45) is 3.10. The van der Waals surface area contributed by atoms with Crippen LogP contribution < -0.4 is 4.74 Å². The number of carbonyl (C=O) groups is 1. The highest BCUT2D eigenvalue weighted by molar-refractivity contribution is 5.85. The summed E-state index contributed by atoms with van der Waals surface area (Å²) in [6.45, 7) is 4.07. The number of rotatable bonds is 5. The normalized spacial score (nSPS) is 9.89. The van der Waals surface area contributed by atoms with Crippen molar-refractivity contribution in [1.29, 1.82) is 0 Å². The number of carboxylic acids is 1. The van der Waals surface area contributed by atoms with E-state index in [1.54, 1.807) is 13.0 Å². The van der Waals surface area contributed by atoms with Gasteiger partial charge in [0.05, 0.1) is 6.61 Å². The van der Waals surface area contributed by atoms with Crippen LogP contribution >= 0.6 is 0 Å². The fraction of sp³-hybridized carbons (Fsp3) is 0.286. The van der Waals surface area contributed by atoms with E-state index >= 15 is 0 Å². The van der Waals surface area contributed by atoms with Gasteiger partial charge in [-0.15, -0.1) is 11.8 Å². The predicted molar refractivity (Wildman–Crippen MR) is 69.2 cm³/mol. The first-order chi connectivity index (χ1) is 8.63. The first kappa shape index (κ1) is 13.8. The Morgan fingerprint density at radius 1 is 1.56 bits per heavy atom. The van der Waals surface area contributed by atoms with Gasteiger partial charge in [-0.05, 0) is 32.1 Å². The average molecular weight is 245 g/mol. The number of hydrogen-bond acceptors (Lipinski definition) is 3. The Kier molecular flexibility index (Phi) is 5.46. The highest BCUT2D eigenvalue weighted by Crippen LogP contribution is 2.18. The van der Waals surface area contributed by atoms with E-state index in [0.717, 1.165) is 11.8 Å². The molecule has 1 heterocycles. The molecule has 0 saturated carbocycles. The molecule has 1 aromatic rings. The molecule has 0 aliphatic heterocycles. The lowest BCUT2D eigenvalue weighted by Crippen LogP contribution is -2.00. The van der Waals surface area contributed by atoms with Crippen molar-refractivity contribution in [2.75, 3.05) is 6.61 Å². The average Bonchev–Trinajstić information content (AvgIpc) is 2.34. The molecule has 0 fully saturated rings. The maximum Gasteiger partial charge on any atom is 0.328 e. The number of pyridine rings is 1. The summed E-state index contributed by atoms with van der Waals surface area (Å²) in [5, 5.41) is 8.61. The van der Waals surface area contributed by atoms with Crippen molar-refractivity contribution in [2.24, 2.45) is 0 Å². The molecule has 0 atom stereocenters. The maximum atomic E-state index is 10.5. The number of aromatic nitrogens is 1. The van der Waals surface area contributed by atoms with Crippen LogP contribution in [0.3, 0.4) is 0 Å². The Bertz CT molecular complexity index is 510. The first-order valence-corrected chi connectivity index (χ1v) is 5.54. The summed E-state index contributed by atoms with van der Waals surface area (Å²) in [5.74, 6) is 5.23. The lowest BCUT2D eigenvalue weighted by atomic mass is 10.2.